The lowest BCUT2D eigenvalue weighted by atomic mass is 9.81. The van der Waals surface area contributed by atoms with Gasteiger partial charge in [0, 0.05) is 23.0 Å². The third kappa shape index (κ3) is 3.56. The van der Waals surface area contributed by atoms with E-state index >= 15 is 0 Å². The van der Waals surface area contributed by atoms with Gasteiger partial charge in [-0.15, -0.1) is 0 Å². The SMILES string of the molecule is CCCNCC1(Cc2ccccc2Br)CCOC1. The molecule has 1 unspecified atom stereocenters. The van der Waals surface area contributed by atoms with E-state index in [4.69, 9.17) is 4.74 Å². The number of hydrogen-bond donors (Lipinski definition) is 1. The smallest absolute Gasteiger partial charge is 0.0538 e. The van der Waals surface area contributed by atoms with E-state index in [-0.39, 0.29) is 5.41 Å². The van der Waals surface area contributed by atoms with E-state index in [1.54, 1.807) is 0 Å². The van der Waals surface area contributed by atoms with Crippen molar-refractivity contribution >= 4 is 15.9 Å². The predicted molar refractivity (Wildman–Crippen MR) is 78.9 cm³/mol. The number of ether oxygens (including phenoxy) is 1. The van der Waals surface area contributed by atoms with E-state index < -0.39 is 0 Å². The molecule has 1 aromatic carbocycles. The summed E-state index contributed by atoms with van der Waals surface area (Å²) in [6.07, 6.45) is 3.43. The molecule has 1 heterocycles. The van der Waals surface area contributed by atoms with Gasteiger partial charge in [-0.3, -0.25) is 0 Å². The van der Waals surface area contributed by atoms with E-state index in [9.17, 15) is 0 Å². The van der Waals surface area contributed by atoms with E-state index in [2.05, 4.69) is 52.4 Å². The molecular weight excluding hydrogens is 290 g/mol. The largest absolute Gasteiger partial charge is 0.381 e. The van der Waals surface area contributed by atoms with Crippen molar-refractivity contribution in [2.24, 2.45) is 5.41 Å². The Labute approximate surface area is 118 Å². The van der Waals surface area contributed by atoms with Gasteiger partial charge in [-0.2, -0.15) is 0 Å². The van der Waals surface area contributed by atoms with Crippen LogP contribution in [0.2, 0.25) is 0 Å². The Morgan fingerprint density at radius 1 is 1.39 bits per heavy atom. The summed E-state index contributed by atoms with van der Waals surface area (Å²) in [5.74, 6) is 0. The Bertz CT molecular complexity index is 375. The Hall–Kier alpha value is -0.380. The average molecular weight is 312 g/mol. The first-order valence-electron chi connectivity index (χ1n) is 6.78. The van der Waals surface area contributed by atoms with Gasteiger partial charge in [0.15, 0.2) is 0 Å². The van der Waals surface area contributed by atoms with Crippen LogP contribution in [0, 0.1) is 5.41 Å². The summed E-state index contributed by atoms with van der Waals surface area (Å²) in [5, 5.41) is 3.56. The number of nitrogens with one attached hydrogen (secondary N) is 1. The van der Waals surface area contributed by atoms with Crippen molar-refractivity contribution in [1.82, 2.24) is 5.32 Å². The minimum Gasteiger partial charge on any atom is -0.381 e. The van der Waals surface area contributed by atoms with Gasteiger partial charge in [-0.1, -0.05) is 41.1 Å². The van der Waals surface area contributed by atoms with Crippen LogP contribution in [0.4, 0.5) is 0 Å². The van der Waals surface area contributed by atoms with Crippen molar-refractivity contribution in [2.45, 2.75) is 26.2 Å². The van der Waals surface area contributed by atoms with Gasteiger partial charge in [0.1, 0.15) is 0 Å². The highest BCUT2D eigenvalue weighted by atomic mass is 79.9. The van der Waals surface area contributed by atoms with E-state index in [0.29, 0.717) is 0 Å². The van der Waals surface area contributed by atoms with Crippen molar-refractivity contribution in [3.63, 3.8) is 0 Å². The quantitative estimate of drug-likeness (QED) is 0.813. The molecule has 1 fully saturated rings. The molecule has 1 aliphatic rings. The van der Waals surface area contributed by atoms with E-state index in [1.165, 1.54) is 16.5 Å². The molecule has 0 saturated carbocycles. The van der Waals surface area contributed by atoms with Gasteiger partial charge < -0.3 is 10.1 Å². The number of halogens is 1. The van der Waals surface area contributed by atoms with Crippen LogP contribution in [-0.4, -0.2) is 26.3 Å². The zero-order chi connectivity index (χ0) is 12.8. The minimum atomic E-state index is 0.277. The van der Waals surface area contributed by atoms with Crippen LogP contribution in [0.15, 0.2) is 28.7 Å². The fraction of sp³-hybridized carbons (Fsp3) is 0.600. The van der Waals surface area contributed by atoms with Gasteiger partial charge in [-0.05, 0) is 37.4 Å². The van der Waals surface area contributed by atoms with E-state index in [0.717, 1.165) is 39.1 Å². The highest BCUT2D eigenvalue weighted by molar-refractivity contribution is 9.10. The molecule has 2 nitrogen and oxygen atoms in total. The van der Waals surface area contributed by atoms with Crippen LogP contribution >= 0.6 is 15.9 Å². The third-order valence-electron chi connectivity index (χ3n) is 3.64. The average Bonchev–Trinajstić information content (AvgIpc) is 2.82. The van der Waals surface area contributed by atoms with Crippen molar-refractivity contribution in [3.05, 3.63) is 34.3 Å². The lowest BCUT2D eigenvalue weighted by molar-refractivity contribution is 0.149. The second kappa shape index (κ2) is 6.69. The Kier molecular flexibility index (Phi) is 5.22. The summed E-state index contributed by atoms with van der Waals surface area (Å²) < 4.78 is 6.86. The van der Waals surface area contributed by atoms with Gasteiger partial charge in [-0.25, -0.2) is 0 Å². The summed E-state index contributed by atoms with van der Waals surface area (Å²) in [4.78, 5) is 0. The molecule has 0 aliphatic carbocycles. The predicted octanol–water partition coefficient (Wildman–Crippen LogP) is 3.40. The molecule has 0 bridgehead atoms. The fourth-order valence-electron chi connectivity index (χ4n) is 2.57. The maximum atomic E-state index is 5.65. The van der Waals surface area contributed by atoms with Crippen LogP contribution < -0.4 is 5.32 Å². The second-order valence-corrected chi connectivity index (χ2v) is 6.10. The molecule has 100 valence electrons. The van der Waals surface area contributed by atoms with Crippen molar-refractivity contribution < 1.29 is 4.74 Å². The van der Waals surface area contributed by atoms with Crippen LogP contribution in [-0.2, 0) is 11.2 Å². The molecule has 18 heavy (non-hydrogen) atoms. The van der Waals surface area contributed by atoms with Gasteiger partial charge in [0.2, 0.25) is 0 Å². The van der Waals surface area contributed by atoms with Crippen LogP contribution in [0.3, 0.4) is 0 Å². The van der Waals surface area contributed by atoms with Crippen LogP contribution in [0.5, 0.6) is 0 Å². The zero-order valence-corrected chi connectivity index (χ0v) is 12.6. The Morgan fingerprint density at radius 2 is 2.22 bits per heavy atom. The molecular formula is C15H22BrNO. The van der Waals surface area contributed by atoms with Gasteiger partial charge in [0.25, 0.3) is 0 Å². The van der Waals surface area contributed by atoms with Crippen LogP contribution in [0.25, 0.3) is 0 Å². The first kappa shape index (κ1) is 14.0. The molecule has 3 heteroatoms. The number of rotatable bonds is 6. The van der Waals surface area contributed by atoms with Crippen molar-refractivity contribution in [3.8, 4) is 0 Å². The first-order chi connectivity index (χ1) is 8.76. The highest BCUT2D eigenvalue weighted by Crippen LogP contribution is 2.34. The topological polar surface area (TPSA) is 21.3 Å². The minimum absolute atomic E-state index is 0.277. The normalized spacial score (nSPS) is 23.4. The highest BCUT2D eigenvalue weighted by Gasteiger charge is 2.35. The molecule has 2 rings (SSSR count). The maximum absolute atomic E-state index is 5.65. The summed E-state index contributed by atoms with van der Waals surface area (Å²) in [6, 6.07) is 8.52. The lowest BCUT2D eigenvalue weighted by Crippen LogP contribution is -2.37. The van der Waals surface area contributed by atoms with E-state index in [1.807, 2.05) is 0 Å². The number of hydrogen-bond acceptors (Lipinski definition) is 2. The van der Waals surface area contributed by atoms with Crippen molar-refractivity contribution in [2.75, 3.05) is 26.3 Å². The maximum Gasteiger partial charge on any atom is 0.0538 e. The molecule has 0 radical (unpaired) electrons. The first-order valence-corrected chi connectivity index (χ1v) is 7.57. The lowest BCUT2D eigenvalue weighted by Gasteiger charge is -2.28. The molecule has 1 aromatic rings. The Balaban J connectivity index is 2.04. The Morgan fingerprint density at radius 3 is 2.89 bits per heavy atom. The molecule has 1 N–H and O–H groups in total. The standard InChI is InChI=1S/C15H22BrNO/c1-2-8-17-11-15(7-9-18-12-15)10-13-5-3-4-6-14(13)16/h3-6,17H,2,7-12H2,1H3. The van der Waals surface area contributed by atoms with Crippen molar-refractivity contribution in [1.29, 1.82) is 0 Å². The summed E-state index contributed by atoms with van der Waals surface area (Å²) >= 11 is 3.65. The molecule has 1 atom stereocenters. The zero-order valence-electron chi connectivity index (χ0n) is 11.0. The molecule has 0 amide bonds. The number of benzene rings is 1. The molecule has 0 spiro atoms. The molecule has 0 aromatic heterocycles. The van der Waals surface area contributed by atoms with Crippen LogP contribution in [0.1, 0.15) is 25.3 Å². The third-order valence-corrected chi connectivity index (χ3v) is 4.41. The summed E-state index contributed by atoms with van der Waals surface area (Å²) in [6.45, 7) is 6.14. The second-order valence-electron chi connectivity index (χ2n) is 5.25. The summed E-state index contributed by atoms with van der Waals surface area (Å²) in [5.41, 5.74) is 1.67. The molecule has 1 aliphatic heterocycles. The van der Waals surface area contributed by atoms with Gasteiger partial charge >= 0.3 is 0 Å². The monoisotopic (exact) mass is 311 g/mol. The summed E-state index contributed by atoms with van der Waals surface area (Å²) in [7, 11) is 0. The fourth-order valence-corrected chi connectivity index (χ4v) is 2.99. The van der Waals surface area contributed by atoms with Gasteiger partial charge in [0.05, 0.1) is 6.61 Å². The molecule has 1 saturated heterocycles.